The van der Waals surface area contributed by atoms with Crippen molar-refractivity contribution in [2.24, 2.45) is 5.41 Å². The van der Waals surface area contributed by atoms with Crippen LogP contribution >= 0.6 is 0 Å². The molecule has 2 rings (SSSR count). The largest absolute Gasteiger partial charge is 0.481 e. The van der Waals surface area contributed by atoms with Gasteiger partial charge in [-0.05, 0) is 17.6 Å². The maximum absolute atomic E-state index is 13.3. The van der Waals surface area contributed by atoms with Gasteiger partial charge in [0.05, 0.1) is 11.8 Å². The lowest BCUT2D eigenvalue weighted by Gasteiger charge is -2.34. The van der Waals surface area contributed by atoms with Gasteiger partial charge in [0.25, 0.3) is 0 Å². The summed E-state index contributed by atoms with van der Waals surface area (Å²) in [5.41, 5.74) is -1.17. The van der Waals surface area contributed by atoms with Crippen LogP contribution in [-0.4, -0.2) is 17.3 Å². The van der Waals surface area contributed by atoms with Gasteiger partial charge < -0.3 is 5.11 Å². The van der Waals surface area contributed by atoms with Gasteiger partial charge in [0.15, 0.2) is 0 Å². The second-order valence-electron chi connectivity index (χ2n) is 4.82. The molecular weight excluding hydrogens is 269 g/mol. The van der Waals surface area contributed by atoms with Gasteiger partial charge >= 0.3 is 12.1 Å². The summed E-state index contributed by atoms with van der Waals surface area (Å²) in [6.45, 7) is 0. The lowest BCUT2D eigenvalue weighted by molar-refractivity contribution is -0.210. The highest BCUT2D eigenvalue weighted by molar-refractivity contribution is 5.73. The fraction of sp³-hybridized carbons (Fsp3) is 0.267. The molecule has 1 N–H and O–H groups in total. The zero-order valence-electron chi connectivity index (χ0n) is 10.5. The SMILES string of the molecule is O=C(O)CC1(C(F)(F)F)C=CC=C(c2ccccc2)C1. The van der Waals surface area contributed by atoms with Crippen LogP contribution in [0.15, 0.2) is 48.6 Å². The Bertz CT molecular complexity index is 558. The minimum Gasteiger partial charge on any atom is -0.481 e. The van der Waals surface area contributed by atoms with Crippen LogP contribution in [0.2, 0.25) is 0 Å². The lowest BCUT2D eigenvalue weighted by atomic mass is 9.73. The number of halogens is 3. The second kappa shape index (κ2) is 5.15. The number of hydrogen-bond acceptors (Lipinski definition) is 1. The third-order valence-electron chi connectivity index (χ3n) is 3.39. The fourth-order valence-corrected chi connectivity index (χ4v) is 2.34. The third kappa shape index (κ3) is 2.76. The number of alkyl halides is 3. The highest BCUT2D eigenvalue weighted by Gasteiger charge is 2.54. The van der Waals surface area contributed by atoms with E-state index >= 15 is 0 Å². The van der Waals surface area contributed by atoms with E-state index in [1.165, 1.54) is 6.08 Å². The van der Waals surface area contributed by atoms with Crippen molar-refractivity contribution in [1.82, 2.24) is 0 Å². The molecule has 0 heterocycles. The third-order valence-corrected chi connectivity index (χ3v) is 3.39. The summed E-state index contributed by atoms with van der Waals surface area (Å²) in [5.74, 6) is -1.46. The number of carbonyl (C=O) groups is 1. The van der Waals surface area contributed by atoms with Crippen molar-refractivity contribution in [3.8, 4) is 0 Å². The van der Waals surface area contributed by atoms with Gasteiger partial charge in [-0.3, -0.25) is 4.79 Å². The molecule has 106 valence electrons. The van der Waals surface area contributed by atoms with Gasteiger partial charge in [-0.1, -0.05) is 48.6 Å². The fourth-order valence-electron chi connectivity index (χ4n) is 2.34. The zero-order chi connectivity index (χ0) is 14.8. The summed E-state index contributed by atoms with van der Waals surface area (Å²) in [4.78, 5) is 10.8. The predicted octanol–water partition coefficient (Wildman–Crippen LogP) is 4.05. The monoisotopic (exact) mass is 282 g/mol. The van der Waals surface area contributed by atoms with E-state index in [1.807, 2.05) is 0 Å². The second-order valence-corrected chi connectivity index (χ2v) is 4.82. The van der Waals surface area contributed by atoms with E-state index in [9.17, 15) is 18.0 Å². The van der Waals surface area contributed by atoms with Gasteiger partial charge in [-0.15, -0.1) is 0 Å². The molecule has 0 fully saturated rings. The molecule has 2 nitrogen and oxygen atoms in total. The standard InChI is InChI=1S/C15H13F3O2/c16-15(17,18)14(10-13(19)20)8-4-7-12(9-14)11-5-2-1-3-6-11/h1-8H,9-10H2,(H,19,20). The smallest absolute Gasteiger partial charge is 0.398 e. The first kappa shape index (κ1) is 14.4. The Morgan fingerprint density at radius 2 is 1.90 bits per heavy atom. The lowest BCUT2D eigenvalue weighted by Crippen LogP contribution is -2.39. The average molecular weight is 282 g/mol. The Morgan fingerprint density at radius 3 is 2.45 bits per heavy atom. The number of carboxylic acids is 1. The van der Waals surface area contributed by atoms with E-state index in [4.69, 9.17) is 5.11 Å². The average Bonchev–Trinajstić information content (AvgIpc) is 2.38. The molecule has 0 bridgehead atoms. The number of hydrogen-bond donors (Lipinski definition) is 1. The normalized spacial score (nSPS) is 22.4. The number of aliphatic carboxylic acids is 1. The molecule has 20 heavy (non-hydrogen) atoms. The predicted molar refractivity (Wildman–Crippen MR) is 68.9 cm³/mol. The summed E-state index contributed by atoms with van der Waals surface area (Å²) in [6, 6.07) is 8.68. The molecule has 1 aromatic carbocycles. The van der Waals surface area contributed by atoms with Crippen LogP contribution in [0.3, 0.4) is 0 Å². The molecule has 1 aliphatic rings. The zero-order valence-corrected chi connectivity index (χ0v) is 10.5. The van der Waals surface area contributed by atoms with Gasteiger partial charge in [0.1, 0.15) is 0 Å². The van der Waals surface area contributed by atoms with Crippen LogP contribution in [0.5, 0.6) is 0 Å². The number of allylic oxidation sites excluding steroid dienone is 4. The Labute approximate surface area is 114 Å². The summed E-state index contributed by atoms with van der Waals surface area (Å²) < 4.78 is 39.9. The van der Waals surface area contributed by atoms with Crippen molar-refractivity contribution in [2.45, 2.75) is 19.0 Å². The van der Waals surface area contributed by atoms with Crippen LogP contribution in [0.4, 0.5) is 13.2 Å². The van der Waals surface area contributed by atoms with Gasteiger partial charge in [0, 0.05) is 0 Å². The molecular formula is C15H13F3O2. The first-order chi connectivity index (χ1) is 9.34. The minimum absolute atomic E-state index is 0.358. The first-order valence-corrected chi connectivity index (χ1v) is 6.06. The molecule has 0 radical (unpaired) electrons. The molecule has 1 aliphatic carbocycles. The first-order valence-electron chi connectivity index (χ1n) is 6.06. The molecule has 0 amide bonds. The van der Waals surface area contributed by atoms with Gasteiger partial charge in [0.2, 0.25) is 0 Å². The van der Waals surface area contributed by atoms with Crippen molar-refractivity contribution in [1.29, 1.82) is 0 Å². The van der Waals surface area contributed by atoms with Crippen molar-refractivity contribution < 1.29 is 23.1 Å². The molecule has 0 spiro atoms. The van der Waals surface area contributed by atoms with Crippen LogP contribution < -0.4 is 0 Å². The molecule has 1 atom stereocenters. The number of benzene rings is 1. The Kier molecular flexibility index (Phi) is 3.70. The van der Waals surface area contributed by atoms with E-state index in [1.54, 1.807) is 36.4 Å². The van der Waals surface area contributed by atoms with Crippen LogP contribution in [0.1, 0.15) is 18.4 Å². The molecule has 0 aromatic heterocycles. The summed E-state index contributed by atoms with van der Waals surface area (Å²) in [5, 5.41) is 8.80. The van der Waals surface area contributed by atoms with Crippen molar-refractivity contribution in [3.63, 3.8) is 0 Å². The molecule has 5 heteroatoms. The number of rotatable bonds is 3. The van der Waals surface area contributed by atoms with E-state index < -0.39 is 24.0 Å². The Morgan fingerprint density at radius 1 is 1.25 bits per heavy atom. The van der Waals surface area contributed by atoms with Crippen molar-refractivity contribution in [3.05, 3.63) is 54.1 Å². The summed E-state index contributed by atoms with van der Waals surface area (Å²) >= 11 is 0. The quantitative estimate of drug-likeness (QED) is 0.908. The molecule has 0 saturated carbocycles. The van der Waals surface area contributed by atoms with Crippen molar-refractivity contribution in [2.75, 3.05) is 0 Å². The maximum atomic E-state index is 13.3. The van der Waals surface area contributed by atoms with Crippen LogP contribution in [0.25, 0.3) is 5.57 Å². The highest BCUT2D eigenvalue weighted by atomic mass is 19.4. The van der Waals surface area contributed by atoms with Gasteiger partial charge in [-0.25, -0.2) is 0 Å². The van der Waals surface area contributed by atoms with Crippen LogP contribution in [0, 0.1) is 5.41 Å². The molecule has 1 aromatic rings. The maximum Gasteiger partial charge on any atom is 0.398 e. The topological polar surface area (TPSA) is 37.3 Å². The molecule has 1 unspecified atom stereocenters. The minimum atomic E-state index is -4.60. The van der Waals surface area contributed by atoms with E-state index in [0.717, 1.165) is 6.08 Å². The number of carboxylic acid groups (broad SMARTS) is 1. The molecule has 0 saturated heterocycles. The Hall–Kier alpha value is -2.04. The van der Waals surface area contributed by atoms with Crippen molar-refractivity contribution >= 4 is 11.5 Å². The summed E-state index contributed by atoms with van der Waals surface area (Å²) in [7, 11) is 0. The van der Waals surface area contributed by atoms with Gasteiger partial charge in [-0.2, -0.15) is 13.2 Å². The van der Waals surface area contributed by atoms with E-state index in [2.05, 4.69) is 0 Å². The van der Waals surface area contributed by atoms with E-state index in [0.29, 0.717) is 11.1 Å². The van der Waals surface area contributed by atoms with E-state index in [-0.39, 0.29) is 6.42 Å². The Balaban J connectivity index is 2.37. The van der Waals surface area contributed by atoms with Crippen LogP contribution in [-0.2, 0) is 4.79 Å². The molecule has 0 aliphatic heterocycles. The highest BCUT2D eigenvalue weighted by Crippen LogP contribution is 2.50. The summed E-state index contributed by atoms with van der Waals surface area (Å²) in [6.07, 6.45) is -2.08.